The highest BCUT2D eigenvalue weighted by atomic mass is 16.5. The molecule has 0 aliphatic carbocycles. The lowest BCUT2D eigenvalue weighted by Crippen LogP contribution is -2.47. The molecule has 144 valence electrons. The molecule has 0 amide bonds. The summed E-state index contributed by atoms with van der Waals surface area (Å²) in [5.74, 6) is 0.918. The van der Waals surface area contributed by atoms with Gasteiger partial charge in [-0.05, 0) is 38.0 Å². The Morgan fingerprint density at radius 3 is 2.63 bits per heavy atom. The van der Waals surface area contributed by atoms with Gasteiger partial charge in [0, 0.05) is 38.3 Å². The molecule has 0 radical (unpaired) electrons. The maximum Gasteiger partial charge on any atom is 0.255 e. The van der Waals surface area contributed by atoms with Crippen molar-refractivity contribution < 1.29 is 9.84 Å². The molecular formula is C20H26N4O3. The van der Waals surface area contributed by atoms with E-state index >= 15 is 0 Å². The first kappa shape index (κ1) is 18.0. The van der Waals surface area contributed by atoms with Gasteiger partial charge in [0.25, 0.3) is 5.56 Å². The maximum atomic E-state index is 12.6. The van der Waals surface area contributed by atoms with E-state index < -0.39 is 0 Å². The molecule has 7 nitrogen and oxygen atoms in total. The van der Waals surface area contributed by atoms with Gasteiger partial charge in [0.1, 0.15) is 5.75 Å². The van der Waals surface area contributed by atoms with Crippen LogP contribution in [0.3, 0.4) is 0 Å². The minimum Gasteiger partial charge on any atom is -0.508 e. The SMILES string of the molecule is CC1CN(c2nc3c(c(=O)[nH]2)CCN(Cc2ccc(O)cc2)C3)CC(C)O1. The van der Waals surface area contributed by atoms with Gasteiger partial charge in [-0.15, -0.1) is 0 Å². The first-order valence-corrected chi connectivity index (χ1v) is 9.50. The molecule has 1 fully saturated rings. The summed E-state index contributed by atoms with van der Waals surface area (Å²) in [6.45, 7) is 7.78. The summed E-state index contributed by atoms with van der Waals surface area (Å²) >= 11 is 0. The Kier molecular flexibility index (Phi) is 4.88. The molecule has 0 bridgehead atoms. The number of hydrogen-bond acceptors (Lipinski definition) is 6. The van der Waals surface area contributed by atoms with Crippen LogP contribution in [0.5, 0.6) is 5.75 Å². The zero-order valence-corrected chi connectivity index (χ0v) is 15.8. The van der Waals surface area contributed by atoms with Crippen molar-refractivity contribution >= 4 is 5.95 Å². The number of anilines is 1. The van der Waals surface area contributed by atoms with E-state index in [1.807, 2.05) is 26.0 Å². The highest BCUT2D eigenvalue weighted by molar-refractivity contribution is 5.35. The number of nitrogens with zero attached hydrogens (tertiary/aromatic N) is 3. The molecule has 2 N–H and O–H groups in total. The summed E-state index contributed by atoms with van der Waals surface area (Å²) in [5.41, 5.74) is 2.78. The first-order chi connectivity index (χ1) is 13.0. The van der Waals surface area contributed by atoms with E-state index in [1.54, 1.807) is 12.1 Å². The second-order valence-electron chi connectivity index (χ2n) is 7.60. The molecule has 7 heteroatoms. The smallest absolute Gasteiger partial charge is 0.255 e. The lowest BCUT2D eigenvalue weighted by Gasteiger charge is -2.36. The van der Waals surface area contributed by atoms with Crippen LogP contribution < -0.4 is 10.5 Å². The minimum absolute atomic E-state index is 0.0221. The predicted octanol–water partition coefficient (Wildman–Crippen LogP) is 1.65. The number of benzene rings is 1. The van der Waals surface area contributed by atoms with Gasteiger partial charge in [-0.2, -0.15) is 0 Å². The summed E-state index contributed by atoms with van der Waals surface area (Å²) < 4.78 is 5.79. The van der Waals surface area contributed by atoms with Crippen molar-refractivity contribution in [3.05, 3.63) is 51.4 Å². The van der Waals surface area contributed by atoms with Crippen molar-refractivity contribution in [2.75, 3.05) is 24.5 Å². The van der Waals surface area contributed by atoms with Gasteiger partial charge in [0.15, 0.2) is 0 Å². The summed E-state index contributed by atoms with van der Waals surface area (Å²) in [5, 5.41) is 9.44. The Hall–Kier alpha value is -2.38. The van der Waals surface area contributed by atoms with Gasteiger partial charge in [-0.3, -0.25) is 14.7 Å². The minimum atomic E-state index is -0.0221. The van der Waals surface area contributed by atoms with E-state index in [0.29, 0.717) is 18.9 Å². The van der Waals surface area contributed by atoms with Crippen LogP contribution in [0, 0.1) is 0 Å². The topological polar surface area (TPSA) is 81.7 Å². The lowest BCUT2D eigenvalue weighted by atomic mass is 10.1. The van der Waals surface area contributed by atoms with Gasteiger partial charge >= 0.3 is 0 Å². The standard InChI is InChI=1S/C20H26N4O3/c1-13-9-24(10-14(2)27-13)20-21-18-12-23(8-7-17(18)19(26)22-20)11-15-3-5-16(25)6-4-15/h3-6,13-14,25H,7-12H2,1-2H3,(H,21,22,26). The number of nitrogens with one attached hydrogen (secondary N) is 1. The molecule has 27 heavy (non-hydrogen) atoms. The second-order valence-corrected chi connectivity index (χ2v) is 7.60. The van der Waals surface area contributed by atoms with E-state index in [2.05, 4.69) is 14.8 Å². The van der Waals surface area contributed by atoms with Crippen molar-refractivity contribution in [1.82, 2.24) is 14.9 Å². The number of aromatic hydroxyl groups is 1. The van der Waals surface area contributed by atoms with Crippen LogP contribution in [-0.4, -0.2) is 51.8 Å². The number of H-pyrrole nitrogens is 1. The summed E-state index contributed by atoms with van der Waals surface area (Å²) in [6, 6.07) is 7.26. The van der Waals surface area contributed by atoms with Crippen molar-refractivity contribution in [2.24, 2.45) is 0 Å². The molecule has 1 saturated heterocycles. The number of aromatic amines is 1. The first-order valence-electron chi connectivity index (χ1n) is 9.50. The van der Waals surface area contributed by atoms with Crippen molar-refractivity contribution in [2.45, 2.75) is 45.6 Å². The molecule has 2 aromatic rings. The van der Waals surface area contributed by atoms with Gasteiger partial charge in [0.05, 0.1) is 17.9 Å². The number of aromatic nitrogens is 2. The molecule has 2 aliphatic heterocycles. The fourth-order valence-electron chi connectivity index (χ4n) is 3.98. The normalized spacial score (nSPS) is 23.3. The van der Waals surface area contributed by atoms with E-state index in [0.717, 1.165) is 43.0 Å². The number of ether oxygens (including phenoxy) is 1. The highest BCUT2D eigenvalue weighted by Crippen LogP contribution is 2.21. The van der Waals surface area contributed by atoms with Crippen molar-refractivity contribution in [3.63, 3.8) is 0 Å². The second kappa shape index (κ2) is 7.32. The Bertz CT molecular complexity index is 855. The lowest BCUT2D eigenvalue weighted by molar-refractivity contribution is -0.00576. The number of hydrogen-bond donors (Lipinski definition) is 2. The van der Waals surface area contributed by atoms with E-state index in [-0.39, 0.29) is 23.5 Å². The monoisotopic (exact) mass is 370 g/mol. The van der Waals surface area contributed by atoms with Gasteiger partial charge < -0.3 is 14.7 Å². The van der Waals surface area contributed by atoms with Crippen LogP contribution in [0.2, 0.25) is 0 Å². The summed E-state index contributed by atoms with van der Waals surface area (Å²) in [6.07, 6.45) is 0.925. The fraction of sp³-hybridized carbons (Fsp3) is 0.500. The quantitative estimate of drug-likeness (QED) is 0.855. The third-order valence-corrected chi connectivity index (χ3v) is 5.20. The Morgan fingerprint density at radius 1 is 1.22 bits per heavy atom. The number of morpholine rings is 1. The van der Waals surface area contributed by atoms with Gasteiger partial charge in [-0.25, -0.2) is 4.98 Å². The van der Waals surface area contributed by atoms with Crippen molar-refractivity contribution in [1.29, 1.82) is 0 Å². The molecular weight excluding hydrogens is 344 g/mol. The summed E-state index contributed by atoms with van der Waals surface area (Å²) in [4.78, 5) is 24.8. The molecule has 2 unspecified atom stereocenters. The van der Waals surface area contributed by atoms with Crippen LogP contribution in [-0.2, 0) is 24.2 Å². The number of fused-ring (bicyclic) bond motifs is 1. The number of rotatable bonds is 3. The predicted molar refractivity (Wildman–Crippen MR) is 103 cm³/mol. The zero-order chi connectivity index (χ0) is 19.0. The van der Waals surface area contributed by atoms with E-state index in [4.69, 9.17) is 9.72 Å². The Morgan fingerprint density at radius 2 is 1.93 bits per heavy atom. The largest absolute Gasteiger partial charge is 0.508 e. The molecule has 1 aromatic carbocycles. The molecule has 3 heterocycles. The van der Waals surface area contributed by atoms with E-state index in [1.165, 1.54) is 0 Å². The highest BCUT2D eigenvalue weighted by Gasteiger charge is 2.26. The molecule has 4 rings (SSSR count). The fourth-order valence-corrected chi connectivity index (χ4v) is 3.98. The van der Waals surface area contributed by atoms with Crippen LogP contribution in [0.25, 0.3) is 0 Å². The number of phenolic OH excluding ortho intramolecular Hbond substituents is 1. The van der Waals surface area contributed by atoms with Gasteiger partial charge in [-0.1, -0.05) is 12.1 Å². The average molecular weight is 370 g/mol. The van der Waals surface area contributed by atoms with Crippen LogP contribution in [0.4, 0.5) is 5.95 Å². The summed E-state index contributed by atoms with van der Waals surface area (Å²) in [7, 11) is 0. The number of phenols is 1. The molecule has 2 atom stereocenters. The van der Waals surface area contributed by atoms with Crippen LogP contribution in [0.15, 0.2) is 29.1 Å². The molecule has 1 aromatic heterocycles. The van der Waals surface area contributed by atoms with Gasteiger partial charge in [0.2, 0.25) is 5.95 Å². The van der Waals surface area contributed by atoms with Crippen LogP contribution in [0.1, 0.15) is 30.7 Å². The zero-order valence-electron chi connectivity index (χ0n) is 15.8. The average Bonchev–Trinajstić information content (AvgIpc) is 2.62. The van der Waals surface area contributed by atoms with Crippen LogP contribution >= 0.6 is 0 Å². The maximum absolute atomic E-state index is 12.6. The Labute approximate surface area is 158 Å². The van der Waals surface area contributed by atoms with Crippen molar-refractivity contribution in [3.8, 4) is 5.75 Å². The molecule has 2 aliphatic rings. The third kappa shape index (κ3) is 3.99. The molecule has 0 spiro atoms. The molecule has 0 saturated carbocycles. The third-order valence-electron chi connectivity index (χ3n) is 5.20. The Balaban J connectivity index is 1.54. The van der Waals surface area contributed by atoms with E-state index in [9.17, 15) is 9.90 Å².